The first kappa shape index (κ1) is 56.3. The average molecular weight is 1240 g/mol. The van der Waals surface area contributed by atoms with Crippen molar-refractivity contribution in [1.29, 1.82) is 0 Å². The Morgan fingerprint density at radius 1 is 0.268 bits per heavy atom. The number of rotatable bonds is 11. The summed E-state index contributed by atoms with van der Waals surface area (Å²) in [6, 6.07) is 131. The van der Waals surface area contributed by atoms with Crippen LogP contribution in [0.25, 0.3) is 105 Å². The minimum Gasteiger partial charge on any atom is -0.455 e. The molecule has 15 aromatic carbocycles. The van der Waals surface area contributed by atoms with Gasteiger partial charge in [0.2, 0.25) is 0 Å². The van der Waals surface area contributed by atoms with Crippen molar-refractivity contribution >= 4 is 60.8 Å². The smallest absolute Gasteiger partial charge is 0.143 e. The SMILES string of the molecule is Cc1ccc2c(c1)C(c1ccccc1)(c1ccccc1)c1cc(N(c3ccc(-c4ccc5c(c4)c4cc(-c6ccccc6)ccc4n5-c4ccc(-c5cccc6c5oc5ccccc56)cc4)cc3)c3ccc4c(c3)C(c3ccccc3)(c3ccccc3)c3cc(C)ccc3-4)ccc1-2. The molecule has 2 aliphatic rings. The molecule has 2 aromatic heterocycles. The zero-order chi connectivity index (χ0) is 64.3. The normalized spacial score (nSPS) is 13.2. The molecule has 0 amide bonds. The average Bonchev–Trinajstić information content (AvgIpc) is 1.56. The second kappa shape index (κ2) is 22.2. The molecule has 0 saturated carbocycles. The first-order chi connectivity index (χ1) is 47.9. The van der Waals surface area contributed by atoms with E-state index in [9.17, 15) is 0 Å². The molecule has 97 heavy (non-hydrogen) atoms. The summed E-state index contributed by atoms with van der Waals surface area (Å²) in [5.41, 5.74) is 31.6. The zero-order valence-corrected chi connectivity index (χ0v) is 53.8. The Morgan fingerprint density at radius 2 is 0.660 bits per heavy atom. The Morgan fingerprint density at radius 3 is 1.15 bits per heavy atom. The Labute approximate surface area is 564 Å². The van der Waals surface area contributed by atoms with Crippen molar-refractivity contribution < 1.29 is 4.42 Å². The molecule has 0 spiro atoms. The van der Waals surface area contributed by atoms with E-state index in [1.807, 2.05) is 6.07 Å². The van der Waals surface area contributed by atoms with Gasteiger partial charge in [0, 0.05) is 49.9 Å². The molecule has 0 N–H and O–H groups in total. The van der Waals surface area contributed by atoms with E-state index < -0.39 is 10.8 Å². The molecule has 0 atom stereocenters. The zero-order valence-electron chi connectivity index (χ0n) is 53.8. The number of furan rings is 1. The van der Waals surface area contributed by atoms with Crippen LogP contribution in [0, 0.1) is 13.8 Å². The minimum absolute atomic E-state index is 0.601. The summed E-state index contributed by atoms with van der Waals surface area (Å²) in [6.45, 7) is 4.45. The van der Waals surface area contributed by atoms with E-state index in [0.717, 1.165) is 78.0 Å². The Balaban J connectivity index is 0.789. The van der Waals surface area contributed by atoms with Gasteiger partial charge in [-0.2, -0.15) is 0 Å². The number of aromatic nitrogens is 1. The maximum atomic E-state index is 6.53. The maximum Gasteiger partial charge on any atom is 0.143 e. The molecule has 0 unspecified atom stereocenters. The second-order valence-electron chi connectivity index (χ2n) is 26.4. The summed E-state index contributed by atoms with van der Waals surface area (Å²) >= 11 is 0. The predicted octanol–water partition coefficient (Wildman–Crippen LogP) is 24.5. The topological polar surface area (TPSA) is 21.3 Å². The first-order valence-corrected chi connectivity index (χ1v) is 33.7. The molecule has 2 aliphatic carbocycles. The highest BCUT2D eigenvalue weighted by Gasteiger charge is 2.48. The van der Waals surface area contributed by atoms with E-state index >= 15 is 0 Å². The molecule has 17 aromatic rings. The molecule has 0 bridgehead atoms. The van der Waals surface area contributed by atoms with Gasteiger partial charge in [0.05, 0.1) is 21.9 Å². The number of hydrogen-bond acceptors (Lipinski definition) is 2. The van der Waals surface area contributed by atoms with Crippen LogP contribution in [0.2, 0.25) is 0 Å². The highest BCUT2D eigenvalue weighted by Crippen LogP contribution is 2.60. The van der Waals surface area contributed by atoms with Gasteiger partial charge in [-0.25, -0.2) is 0 Å². The van der Waals surface area contributed by atoms with Crippen LogP contribution in [0.4, 0.5) is 17.1 Å². The van der Waals surface area contributed by atoms with Gasteiger partial charge in [-0.3, -0.25) is 0 Å². The molecule has 19 rings (SSSR count). The summed E-state index contributed by atoms with van der Waals surface area (Å²) in [4.78, 5) is 2.51. The number of hydrogen-bond donors (Lipinski definition) is 0. The maximum absolute atomic E-state index is 6.53. The van der Waals surface area contributed by atoms with Crippen LogP contribution in [0.5, 0.6) is 0 Å². The second-order valence-corrected chi connectivity index (χ2v) is 26.4. The van der Waals surface area contributed by atoms with Crippen LogP contribution >= 0.6 is 0 Å². The molecular weight excluding hydrogens is 1170 g/mol. The number of para-hydroxylation sites is 2. The number of fused-ring (bicyclic) bond motifs is 12. The van der Waals surface area contributed by atoms with E-state index in [2.05, 4.69) is 369 Å². The lowest BCUT2D eigenvalue weighted by Crippen LogP contribution is -2.29. The van der Waals surface area contributed by atoms with E-state index in [1.165, 1.54) is 99.8 Å². The van der Waals surface area contributed by atoms with Crippen molar-refractivity contribution in [3.8, 4) is 61.3 Å². The van der Waals surface area contributed by atoms with Crippen LogP contribution in [0.1, 0.15) is 55.6 Å². The number of anilines is 3. The quantitative estimate of drug-likeness (QED) is 0.129. The van der Waals surface area contributed by atoms with Gasteiger partial charge >= 0.3 is 0 Å². The summed E-state index contributed by atoms with van der Waals surface area (Å²) in [7, 11) is 0. The summed E-state index contributed by atoms with van der Waals surface area (Å²) < 4.78 is 8.95. The van der Waals surface area contributed by atoms with Crippen molar-refractivity contribution in [2.75, 3.05) is 4.90 Å². The summed E-state index contributed by atoms with van der Waals surface area (Å²) in [5, 5.41) is 4.65. The van der Waals surface area contributed by atoms with Crippen molar-refractivity contribution in [3.05, 3.63) is 407 Å². The molecular formula is C94H64N2O. The molecule has 0 saturated heterocycles. The fourth-order valence-corrected chi connectivity index (χ4v) is 16.8. The van der Waals surface area contributed by atoms with Gasteiger partial charge in [-0.15, -0.1) is 0 Å². The molecule has 0 aliphatic heterocycles. The third-order valence-electron chi connectivity index (χ3n) is 21.1. The highest BCUT2D eigenvalue weighted by atomic mass is 16.3. The monoisotopic (exact) mass is 1240 g/mol. The van der Waals surface area contributed by atoms with Crippen LogP contribution in [-0.4, -0.2) is 4.57 Å². The Kier molecular flexibility index (Phi) is 12.9. The fourth-order valence-electron chi connectivity index (χ4n) is 16.8. The van der Waals surface area contributed by atoms with Crippen LogP contribution in [0.3, 0.4) is 0 Å². The van der Waals surface area contributed by atoms with Crippen LogP contribution < -0.4 is 4.90 Å². The Hall–Kier alpha value is -12.3. The highest BCUT2D eigenvalue weighted by molar-refractivity contribution is 6.12. The fraction of sp³-hybridized carbons (Fsp3) is 0.0426. The predicted molar refractivity (Wildman–Crippen MR) is 403 cm³/mol. The lowest BCUT2D eigenvalue weighted by atomic mass is 9.67. The first-order valence-electron chi connectivity index (χ1n) is 33.7. The molecule has 2 heterocycles. The van der Waals surface area contributed by atoms with Gasteiger partial charge in [-0.1, -0.05) is 284 Å². The van der Waals surface area contributed by atoms with Crippen LogP contribution in [-0.2, 0) is 10.8 Å². The van der Waals surface area contributed by atoms with Gasteiger partial charge < -0.3 is 13.9 Å². The molecule has 3 nitrogen and oxygen atoms in total. The van der Waals surface area contributed by atoms with Crippen molar-refractivity contribution in [1.82, 2.24) is 4.57 Å². The number of nitrogens with zero attached hydrogens (tertiary/aromatic N) is 2. The third kappa shape index (κ3) is 8.61. The van der Waals surface area contributed by atoms with Crippen molar-refractivity contribution in [3.63, 3.8) is 0 Å². The van der Waals surface area contributed by atoms with Gasteiger partial charge in [-0.05, 0) is 187 Å². The lowest BCUT2D eigenvalue weighted by Gasteiger charge is -2.36. The largest absolute Gasteiger partial charge is 0.455 e. The van der Waals surface area contributed by atoms with E-state index in [1.54, 1.807) is 0 Å². The molecule has 3 heteroatoms. The van der Waals surface area contributed by atoms with Crippen LogP contribution in [0.15, 0.2) is 356 Å². The van der Waals surface area contributed by atoms with Gasteiger partial charge in [0.15, 0.2) is 0 Å². The molecule has 0 radical (unpaired) electrons. The van der Waals surface area contributed by atoms with Gasteiger partial charge in [0.1, 0.15) is 11.2 Å². The number of aryl methyl sites for hydroxylation is 2. The Bertz CT molecular complexity index is 5660. The van der Waals surface area contributed by atoms with Crippen molar-refractivity contribution in [2.45, 2.75) is 24.7 Å². The van der Waals surface area contributed by atoms with E-state index in [4.69, 9.17) is 4.42 Å². The molecule has 456 valence electrons. The molecule has 0 fully saturated rings. The van der Waals surface area contributed by atoms with E-state index in [0.29, 0.717) is 0 Å². The lowest BCUT2D eigenvalue weighted by molar-refractivity contribution is 0.670. The summed E-state index contributed by atoms with van der Waals surface area (Å²) in [6.07, 6.45) is 0. The van der Waals surface area contributed by atoms with Gasteiger partial charge in [0.25, 0.3) is 0 Å². The number of benzene rings is 15. The standard InChI is InChI=1S/C94H64N2O/c1-61-35-49-77-79-51-47-74(59-87(79)93(85(77)55-61,68-23-10-4-11-24-68)69-25-12-5-13-26-69)95(75-48-52-80-78-50-36-62(2)56-86(78)94(88(80)60-75,70-27-14-6-15-28-70)71-29-16-7-17-30-71)72-43-37-64(38-44-72)67-42-54-90-84(58-67)83-57-66(63-21-8-3-9-22-63)41-53-89(83)96(90)73-45-39-65(40-46-73)76-32-20-33-82-81-31-18-19-34-91(81)97-92(76)82/h3-60H,1-2H3. The van der Waals surface area contributed by atoms with E-state index in [-0.39, 0.29) is 0 Å². The third-order valence-corrected chi connectivity index (χ3v) is 21.1. The minimum atomic E-state index is -0.601. The summed E-state index contributed by atoms with van der Waals surface area (Å²) in [5.74, 6) is 0. The van der Waals surface area contributed by atoms with Crippen molar-refractivity contribution in [2.24, 2.45) is 0 Å².